The van der Waals surface area contributed by atoms with Gasteiger partial charge < -0.3 is 14.6 Å². The molecule has 0 saturated carbocycles. The second-order valence-corrected chi connectivity index (χ2v) is 5.56. The fourth-order valence-corrected chi connectivity index (χ4v) is 2.21. The summed E-state index contributed by atoms with van der Waals surface area (Å²) in [5.74, 6) is -0.349. The summed E-state index contributed by atoms with van der Waals surface area (Å²) in [6.45, 7) is 3.26. The standard InChI is InChI=1S/C19H20N2O5/c1-13-5-3-6-14(2)19(13)26-11-17(22)21-20-10-15-7-4-8-16(9-15)25-12-18(23)24/h3-10H,11-12H2,1-2H3,(H,21,22)(H,23,24)/b20-10-. The molecular weight excluding hydrogens is 336 g/mol. The highest BCUT2D eigenvalue weighted by molar-refractivity contribution is 5.83. The van der Waals surface area contributed by atoms with Crippen LogP contribution >= 0.6 is 0 Å². The molecule has 2 aromatic rings. The smallest absolute Gasteiger partial charge is 0.341 e. The van der Waals surface area contributed by atoms with E-state index in [4.69, 9.17) is 14.6 Å². The number of rotatable bonds is 8. The zero-order chi connectivity index (χ0) is 18.9. The number of para-hydroxylation sites is 1. The fraction of sp³-hybridized carbons (Fsp3) is 0.211. The van der Waals surface area contributed by atoms with Crippen LogP contribution in [0.2, 0.25) is 0 Å². The number of hydrogen-bond donors (Lipinski definition) is 2. The quantitative estimate of drug-likeness (QED) is 0.559. The number of hydrazone groups is 1. The lowest BCUT2D eigenvalue weighted by atomic mass is 10.1. The van der Waals surface area contributed by atoms with Crippen molar-refractivity contribution in [1.29, 1.82) is 0 Å². The van der Waals surface area contributed by atoms with Crippen LogP contribution < -0.4 is 14.9 Å². The molecule has 0 radical (unpaired) electrons. The van der Waals surface area contributed by atoms with Gasteiger partial charge in [-0.3, -0.25) is 4.79 Å². The molecule has 0 aliphatic heterocycles. The van der Waals surface area contributed by atoms with E-state index in [9.17, 15) is 9.59 Å². The zero-order valence-electron chi connectivity index (χ0n) is 14.6. The molecule has 0 atom stereocenters. The monoisotopic (exact) mass is 356 g/mol. The maximum Gasteiger partial charge on any atom is 0.341 e. The summed E-state index contributed by atoms with van der Waals surface area (Å²) in [4.78, 5) is 22.3. The molecule has 7 nitrogen and oxygen atoms in total. The predicted octanol–water partition coefficient (Wildman–Crippen LogP) is 2.30. The van der Waals surface area contributed by atoms with Gasteiger partial charge in [-0.1, -0.05) is 30.3 Å². The molecule has 0 heterocycles. The Bertz CT molecular complexity index is 797. The van der Waals surface area contributed by atoms with E-state index in [0.717, 1.165) is 11.1 Å². The largest absolute Gasteiger partial charge is 0.483 e. The number of aliphatic carboxylic acids is 1. The lowest BCUT2D eigenvalue weighted by molar-refractivity contribution is -0.139. The number of carbonyl (C=O) groups excluding carboxylic acids is 1. The maximum atomic E-state index is 11.8. The Morgan fingerprint density at radius 2 is 1.77 bits per heavy atom. The fourth-order valence-electron chi connectivity index (χ4n) is 2.21. The second-order valence-electron chi connectivity index (χ2n) is 5.56. The van der Waals surface area contributed by atoms with Gasteiger partial charge in [-0.05, 0) is 42.7 Å². The van der Waals surface area contributed by atoms with E-state index in [1.165, 1.54) is 6.21 Å². The van der Waals surface area contributed by atoms with Crippen molar-refractivity contribution < 1.29 is 24.2 Å². The third kappa shape index (κ3) is 5.94. The van der Waals surface area contributed by atoms with Crippen LogP contribution in [0.1, 0.15) is 16.7 Å². The third-order valence-electron chi connectivity index (χ3n) is 3.38. The number of benzene rings is 2. The number of nitrogens with one attached hydrogen (secondary N) is 1. The van der Waals surface area contributed by atoms with Crippen LogP contribution in [0.4, 0.5) is 0 Å². The van der Waals surface area contributed by atoms with E-state index in [2.05, 4.69) is 10.5 Å². The van der Waals surface area contributed by atoms with Gasteiger partial charge in [-0.25, -0.2) is 10.2 Å². The van der Waals surface area contributed by atoms with E-state index in [-0.39, 0.29) is 12.5 Å². The van der Waals surface area contributed by atoms with Gasteiger partial charge in [0, 0.05) is 0 Å². The molecule has 136 valence electrons. The van der Waals surface area contributed by atoms with Crippen molar-refractivity contribution in [3.05, 3.63) is 59.2 Å². The highest BCUT2D eigenvalue weighted by Gasteiger charge is 2.06. The van der Waals surface area contributed by atoms with Crippen molar-refractivity contribution in [2.75, 3.05) is 13.2 Å². The molecule has 2 N–H and O–H groups in total. The first-order valence-corrected chi connectivity index (χ1v) is 7.91. The number of aryl methyl sites for hydroxylation is 2. The maximum absolute atomic E-state index is 11.8. The molecule has 26 heavy (non-hydrogen) atoms. The van der Waals surface area contributed by atoms with Crippen molar-refractivity contribution in [3.63, 3.8) is 0 Å². The molecule has 0 bridgehead atoms. The Hall–Kier alpha value is -3.35. The van der Waals surface area contributed by atoms with E-state index >= 15 is 0 Å². The molecule has 0 fully saturated rings. The van der Waals surface area contributed by atoms with Gasteiger partial charge in [0.25, 0.3) is 5.91 Å². The van der Waals surface area contributed by atoms with Crippen molar-refractivity contribution in [2.24, 2.45) is 5.10 Å². The summed E-state index contributed by atoms with van der Waals surface area (Å²) >= 11 is 0. The van der Waals surface area contributed by atoms with Crippen LogP contribution in [0.15, 0.2) is 47.6 Å². The van der Waals surface area contributed by atoms with E-state index in [1.807, 2.05) is 32.0 Å². The van der Waals surface area contributed by atoms with Crippen LogP contribution in [0.25, 0.3) is 0 Å². The van der Waals surface area contributed by atoms with Crippen LogP contribution in [0.3, 0.4) is 0 Å². The van der Waals surface area contributed by atoms with E-state index < -0.39 is 12.6 Å². The molecule has 0 aliphatic rings. The summed E-state index contributed by atoms with van der Waals surface area (Å²) in [7, 11) is 0. The third-order valence-corrected chi connectivity index (χ3v) is 3.38. The van der Waals surface area contributed by atoms with Crippen molar-refractivity contribution >= 4 is 18.1 Å². The minimum absolute atomic E-state index is 0.148. The molecule has 2 aromatic carbocycles. The van der Waals surface area contributed by atoms with Crippen molar-refractivity contribution in [2.45, 2.75) is 13.8 Å². The summed E-state index contributed by atoms with van der Waals surface area (Å²) in [5.41, 5.74) is 4.95. The van der Waals surface area contributed by atoms with Crippen LogP contribution in [-0.2, 0) is 9.59 Å². The van der Waals surface area contributed by atoms with Crippen LogP contribution in [0, 0.1) is 13.8 Å². The zero-order valence-corrected chi connectivity index (χ0v) is 14.6. The molecule has 0 saturated heterocycles. The Kier molecular flexibility index (Phi) is 6.73. The molecule has 0 aliphatic carbocycles. The number of hydrogen-bond acceptors (Lipinski definition) is 5. The summed E-state index contributed by atoms with van der Waals surface area (Å²) < 4.78 is 10.6. The van der Waals surface area contributed by atoms with Gasteiger partial charge in [0.1, 0.15) is 11.5 Å². The van der Waals surface area contributed by atoms with Gasteiger partial charge >= 0.3 is 5.97 Å². The Morgan fingerprint density at radius 3 is 2.46 bits per heavy atom. The minimum atomic E-state index is -1.06. The second kappa shape index (κ2) is 9.22. The lowest BCUT2D eigenvalue weighted by Crippen LogP contribution is -2.25. The Morgan fingerprint density at radius 1 is 1.08 bits per heavy atom. The normalized spacial score (nSPS) is 10.5. The van der Waals surface area contributed by atoms with E-state index in [0.29, 0.717) is 17.1 Å². The topological polar surface area (TPSA) is 97.2 Å². The molecule has 0 aromatic heterocycles. The van der Waals surface area contributed by atoms with Crippen LogP contribution in [-0.4, -0.2) is 36.4 Å². The molecule has 0 spiro atoms. The molecule has 2 rings (SSSR count). The van der Waals surface area contributed by atoms with Gasteiger partial charge in [-0.2, -0.15) is 5.10 Å². The van der Waals surface area contributed by atoms with Crippen molar-refractivity contribution in [3.8, 4) is 11.5 Å². The SMILES string of the molecule is Cc1cccc(C)c1OCC(=O)N/N=C\c1cccc(OCC(=O)O)c1. The first kappa shape index (κ1) is 19.0. The highest BCUT2D eigenvalue weighted by Crippen LogP contribution is 2.21. The first-order valence-electron chi connectivity index (χ1n) is 7.91. The summed E-state index contributed by atoms with van der Waals surface area (Å²) in [5, 5.41) is 12.5. The molecule has 1 amide bonds. The van der Waals surface area contributed by atoms with Gasteiger partial charge in [-0.15, -0.1) is 0 Å². The summed E-state index contributed by atoms with van der Waals surface area (Å²) in [6, 6.07) is 12.5. The minimum Gasteiger partial charge on any atom is -0.483 e. The number of amides is 1. The Balaban J connectivity index is 1.85. The lowest BCUT2D eigenvalue weighted by Gasteiger charge is -2.10. The molecule has 0 unspecified atom stereocenters. The van der Waals surface area contributed by atoms with E-state index in [1.54, 1.807) is 24.3 Å². The average molecular weight is 356 g/mol. The molecule has 7 heteroatoms. The Labute approximate surface area is 151 Å². The average Bonchev–Trinajstić information content (AvgIpc) is 2.60. The number of ether oxygens (including phenoxy) is 2. The van der Waals surface area contributed by atoms with Crippen LogP contribution in [0.5, 0.6) is 11.5 Å². The number of carboxylic acid groups (broad SMARTS) is 1. The predicted molar refractivity (Wildman–Crippen MR) is 96.7 cm³/mol. The van der Waals surface area contributed by atoms with Gasteiger partial charge in [0.2, 0.25) is 0 Å². The van der Waals surface area contributed by atoms with Gasteiger partial charge in [0.15, 0.2) is 13.2 Å². The van der Waals surface area contributed by atoms with Gasteiger partial charge in [0.05, 0.1) is 6.21 Å². The highest BCUT2D eigenvalue weighted by atomic mass is 16.5. The number of nitrogens with zero attached hydrogens (tertiary/aromatic N) is 1. The number of carboxylic acids is 1. The first-order chi connectivity index (χ1) is 12.5. The summed E-state index contributed by atoms with van der Waals surface area (Å²) in [6.07, 6.45) is 1.44. The molecular formula is C19H20N2O5. The van der Waals surface area contributed by atoms with Crippen molar-refractivity contribution in [1.82, 2.24) is 5.43 Å². The number of carbonyl (C=O) groups is 2.